The van der Waals surface area contributed by atoms with E-state index in [2.05, 4.69) is 17.0 Å². The molecular weight excluding hydrogens is 213 g/mol. The number of hydrogen-bond acceptors (Lipinski definition) is 3. The Morgan fingerprint density at radius 3 is 2.40 bits per heavy atom. The van der Waals surface area contributed by atoms with Crippen molar-refractivity contribution in [1.82, 2.24) is 4.37 Å². The first-order chi connectivity index (χ1) is 4.63. The molecule has 0 saturated carbocycles. The monoisotopic (exact) mass is 213 g/mol. The van der Waals surface area contributed by atoms with Gasteiger partial charge in [-0.05, 0) is 11.5 Å². The fraction of sp³-hybridized carbons (Fsp3) is 0. The van der Waals surface area contributed by atoms with Crippen molar-refractivity contribution >= 4 is 52.5 Å². The van der Waals surface area contributed by atoms with E-state index in [-0.39, 0.29) is 15.1 Å². The second-order valence-electron chi connectivity index (χ2n) is 1.42. The quantitative estimate of drug-likeness (QED) is 0.728. The van der Waals surface area contributed by atoms with Crippen LogP contribution >= 0.6 is 47.4 Å². The van der Waals surface area contributed by atoms with Crippen LogP contribution in [0.4, 0.5) is 0 Å². The highest BCUT2D eigenvalue weighted by Gasteiger charge is 2.13. The van der Waals surface area contributed by atoms with Crippen LogP contribution in [-0.4, -0.2) is 9.49 Å². The molecule has 0 unspecified atom stereocenters. The predicted octanol–water partition coefficient (Wildman–Crippen LogP) is 2.52. The third kappa shape index (κ3) is 1.45. The Hall–Kier alpha value is 0.230. The number of hydrogen-bond donors (Lipinski definition) is 1. The lowest BCUT2D eigenvalue weighted by Crippen LogP contribution is -1.81. The number of carbonyl (C=O) groups excluding carboxylic acids is 1. The van der Waals surface area contributed by atoms with Crippen LogP contribution in [0.3, 0.4) is 0 Å². The first kappa shape index (κ1) is 8.33. The zero-order chi connectivity index (χ0) is 7.72. The Morgan fingerprint density at radius 1 is 1.60 bits per heavy atom. The van der Waals surface area contributed by atoms with Gasteiger partial charge in [-0.1, -0.05) is 35.8 Å². The summed E-state index contributed by atoms with van der Waals surface area (Å²) < 4.78 is 3.64. The van der Waals surface area contributed by atoms with Crippen molar-refractivity contribution in [2.45, 2.75) is 0 Å². The molecule has 0 amide bonds. The van der Waals surface area contributed by atoms with E-state index in [9.17, 15) is 4.79 Å². The minimum Gasteiger partial charge on any atom is -0.281 e. The maximum absolute atomic E-state index is 10.6. The summed E-state index contributed by atoms with van der Waals surface area (Å²) in [7, 11) is 0. The first-order valence-corrected chi connectivity index (χ1v) is 4.14. The van der Waals surface area contributed by atoms with E-state index in [1.54, 1.807) is 0 Å². The van der Waals surface area contributed by atoms with E-state index in [1.165, 1.54) is 0 Å². The molecule has 0 saturated heterocycles. The molecule has 54 valence electrons. The van der Waals surface area contributed by atoms with Crippen molar-refractivity contribution in [1.29, 1.82) is 0 Å². The molecule has 1 aromatic rings. The van der Waals surface area contributed by atoms with Gasteiger partial charge in [0.2, 0.25) is 5.12 Å². The lowest BCUT2D eigenvalue weighted by molar-refractivity contribution is 0.109. The number of aromatic nitrogens is 1. The SMILES string of the molecule is O=C(S)c1snc(Cl)c1Cl. The number of rotatable bonds is 1. The van der Waals surface area contributed by atoms with E-state index in [4.69, 9.17) is 23.2 Å². The molecule has 1 aromatic heterocycles. The second kappa shape index (κ2) is 3.09. The van der Waals surface area contributed by atoms with Crippen molar-refractivity contribution in [2.24, 2.45) is 0 Å². The highest BCUT2D eigenvalue weighted by Crippen LogP contribution is 2.29. The Labute approximate surface area is 76.7 Å². The maximum atomic E-state index is 10.6. The van der Waals surface area contributed by atoms with Gasteiger partial charge in [-0.25, -0.2) is 0 Å². The molecule has 10 heavy (non-hydrogen) atoms. The van der Waals surface area contributed by atoms with Crippen LogP contribution in [0.2, 0.25) is 10.2 Å². The Morgan fingerprint density at radius 2 is 2.20 bits per heavy atom. The molecule has 0 spiro atoms. The molecule has 0 bridgehead atoms. The lowest BCUT2D eigenvalue weighted by atomic mass is 10.5. The molecular formula is C4HCl2NOS2. The van der Waals surface area contributed by atoms with Gasteiger partial charge in [0.1, 0.15) is 9.90 Å². The summed E-state index contributed by atoms with van der Waals surface area (Å²) in [6.45, 7) is 0. The third-order valence-corrected chi connectivity index (χ3v) is 2.96. The zero-order valence-corrected chi connectivity index (χ0v) is 7.69. The van der Waals surface area contributed by atoms with E-state index < -0.39 is 5.12 Å². The van der Waals surface area contributed by atoms with Crippen molar-refractivity contribution in [3.63, 3.8) is 0 Å². The second-order valence-corrected chi connectivity index (χ2v) is 3.34. The molecule has 0 N–H and O–H groups in total. The minimum absolute atomic E-state index is 0.157. The summed E-state index contributed by atoms with van der Waals surface area (Å²) in [6.07, 6.45) is 0. The van der Waals surface area contributed by atoms with E-state index in [1.807, 2.05) is 0 Å². The van der Waals surface area contributed by atoms with Crippen molar-refractivity contribution < 1.29 is 4.79 Å². The van der Waals surface area contributed by atoms with Gasteiger partial charge in [0, 0.05) is 0 Å². The smallest absolute Gasteiger partial charge is 0.229 e. The lowest BCUT2D eigenvalue weighted by Gasteiger charge is -1.84. The molecule has 0 aliphatic carbocycles. The van der Waals surface area contributed by atoms with Gasteiger partial charge in [-0.15, -0.1) is 0 Å². The molecule has 0 atom stereocenters. The fourth-order valence-corrected chi connectivity index (χ4v) is 1.75. The van der Waals surface area contributed by atoms with Gasteiger partial charge in [-0.3, -0.25) is 4.79 Å². The average molecular weight is 214 g/mol. The van der Waals surface area contributed by atoms with E-state index >= 15 is 0 Å². The Balaban J connectivity index is 3.17. The Kier molecular flexibility index (Phi) is 2.57. The van der Waals surface area contributed by atoms with Crippen molar-refractivity contribution in [3.05, 3.63) is 15.1 Å². The topological polar surface area (TPSA) is 30.0 Å². The molecule has 0 aliphatic heterocycles. The van der Waals surface area contributed by atoms with Crippen LogP contribution < -0.4 is 0 Å². The molecule has 6 heteroatoms. The summed E-state index contributed by atoms with van der Waals surface area (Å²) in [6, 6.07) is 0. The highest BCUT2D eigenvalue weighted by molar-refractivity contribution is 7.97. The van der Waals surface area contributed by atoms with Crippen molar-refractivity contribution in [2.75, 3.05) is 0 Å². The molecule has 1 rings (SSSR count). The average Bonchev–Trinajstić information content (AvgIpc) is 2.14. The summed E-state index contributed by atoms with van der Waals surface area (Å²) in [5.74, 6) is 0. The molecule has 1 heterocycles. The van der Waals surface area contributed by atoms with Crippen LogP contribution in [0.25, 0.3) is 0 Å². The Bertz CT molecular complexity index is 272. The largest absolute Gasteiger partial charge is 0.281 e. The number of nitrogens with zero attached hydrogens (tertiary/aromatic N) is 1. The van der Waals surface area contributed by atoms with Crippen LogP contribution in [-0.2, 0) is 0 Å². The predicted molar refractivity (Wildman–Crippen MR) is 45.5 cm³/mol. The van der Waals surface area contributed by atoms with Crippen LogP contribution in [0.1, 0.15) is 9.67 Å². The van der Waals surface area contributed by atoms with Gasteiger partial charge in [0.25, 0.3) is 0 Å². The van der Waals surface area contributed by atoms with E-state index in [0.29, 0.717) is 0 Å². The summed E-state index contributed by atoms with van der Waals surface area (Å²) in [5.41, 5.74) is 0. The maximum Gasteiger partial charge on any atom is 0.229 e. The van der Waals surface area contributed by atoms with Gasteiger partial charge >= 0.3 is 0 Å². The van der Waals surface area contributed by atoms with E-state index in [0.717, 1.165) is 11.5 Å². The number of carbonyl (C=O) groups is 1. The summed E-state index contributed by atoms with van der Waals surface area (Å²) >= 11 is 15.5. The summed E-state index contributed by atoms with van der Waals surface area (Å²) in [5, 5.41) is -0.0647. The van der Waals surface area contributed by atoms with Gasteiger partial charge in [0.15, 0.2) is 5.15 Å². The molecule has 0 radical (unpaired) electrons. The van der Waals surface area contributed by atoms with Gasteiger partial charge in [-0.2, -0.15) is 4.37 Å². The minimum atomic E-state index is -0.408. The first-order valence-electron chi connectivity index (χ1n) is 2.17. The number of thiol groups is 1. The molecule has 0 aliphatic rings. The van der Waals surface area contributed by atoms with Crippen LogP contribution in [0.5, 0.6) is 0 Å². The molecule has 2 nitrogen and oxygen atoms in total. The number of halogens is 2. The fourth-order valence-electron chi connectivity index (χ4n) is 0.392. The van der Waals surface area contributed by atoms with Crippen LogP contribution in [0, 0.1) is 0 Å². The third-order valence-electron chi connectivity index (χ3n) is 0.792. The summed E-state index contributed by atoms with van der Waals surface area (Å²) in [4.78, 5) is 10.9. The van der Waals surface area contributed by atoms with Crippen LogP contribution in [0.15, 0.2) is 0 Å². The normalized spacial score (nSPS) is 9.90. The standard InChI is InChI=1S/C4HCl2NOS2/c5-1-2(4(8)9)10-7-3(1)6/h(H,8,9). The zero-order valence-electron chi connectivity index (χ0n) is 4.47. The van der Waals surface area contributed by atoms with Gasteiger partial charge in [0.05, 0.1) is 0 Å². The van der Waals surface area contributed by atoms with Gasteiger partial charge < -0.3 is 0 Å². The molecule has 0 aromatic carbocycles. The van der Waals surface area contributed by atoms with Crippen molar-refractivity contribution in [3.8, 4) is 0 Å². The molecule has 0 fully saturated rings. The highest BCUT2D eigenvalue weighted by atomic mass is 35.5.